The third-order valence-corrected chi connectivity index (χ3v) is 1.58. The molecule has 0 radical (unpaired) electrons. The van der Waals surface area contributed by atoms with Crippen molar-refractivity contribution in [2.75, 3.05) is 5.73 Å². The molecule has 5 nitrogen and oxygen atoms in total. The normalized spacial score (nSPS) is 11.7. The molecule has 1 heterocycles. The van der Waals surface area contributed by atoms with Gasteiger partial charge in [0, 0.05) is 11.8 Å². The lowest BCUT2D eigenvalue weighted by molar-refractivity contribution is 1.10. The molecule has 0 amide bonds. The van der Waals surface area contributed by atoms with E-state index >= 15 is 0 Å². The Bertz CT molecular complexity index is 318. The molecule has 5 heteroatoms. The first-order valence-electron chi connectivity index (χ1n) is 3.49. The molecule has 0 saturated heterocycles. The fourth-order valence-electron chi connectivity index (χ4n) is 0.910. The van der Waals surface area contributed by atoms with Gasteiger partial charge in [-0.25, -0.2) is 9.97 Å². The van der Waals surface area contributed by atoms with Crippen molar-refractivity contribution < 1.29 is 0 Å². The highest BCUT2D eigenvalue weighted by atomic mass is 15.1. The van der Waals surface area contributed by atoms with Crippen molar-refractivity contribution in [3.63, 3.8) is 0 Å². The molecule has 0 atom stereocenters. The number of nitrogens with two attached hydrogens (primary N) is 2. The van der Waals surface area contributed by atoms with E-state index in [4.69, 9.17) is 11.6 Å². The summed E-state index contributed by atoms with van der Waals surface area (Å²) in [6, 6.07) is 0. The summed E-state index contributed by atoms with van der Waals surface area (Å²) >= 11 is 0. The third-order valence-electron chi connectivity index (χ3n) is 1.58. The van der Waals surface area contributed by atoms with Gasteiger partial charge >= 0.3 is 0 Å². The number of hydrazone groups is 1. The molecule has 1 rings (SSSR count). The Kier molecular flexibility index (Phi) is 2.23. The van der Waals surface area contributed by atoms with Crippen LogP contribution in [0, 0.1) is 6.92 Å². The van der Waals surface area contributed by atoms with E-state index in [2.05, 4.69) is 15.1 Å². The first kappa shape index (κ1) is 8.45. The van der Waals surface area contributed by atoms with Gasteiger partial charge in [-0.05, 0) is 13.8 Å². The van der Waals surface area contributed by atoms with Gasteiger partial charge in [0.1, 0.15) is 0 Å². The van der Waals surface area contributed by atoms with Gasteiger partial charge in [0.25, 0.3) is 0 Å². The van der Waals surface area contributed by atoms with E-state index in [-0.39, 0.29) is 5.95 Å². The first-order valence-corrected chi connectivity index (χ1v) is 3.49. The fourth-order valence-corrected chi connectivity index (χ4v) is 0.910. The molecule has 0 aliphatic heterocycles. The van der Waals surface area contributed by atoms with E-state index in [1.54, 1.807) is 13.1 Å². The Morgan fingerprint density at radius 1 is 1.58 bits per heavy atom. The monoisotopic (exact) mass is 165 g/mol. The van der Waals surface area contributed by atoms with Crippen molar-refractivity contribution in [2.45, 2.75) is 13.8 Å². The summed E-state index contributed by atoms with van der Waals surface area (Å²) in [5.74, 6) is 5.38. The zero-order chi connectivity index (χ0) is 9.14. The van der Waals surface area contributed by atoms with Crippen LogP contribution in [0.15, 0.2) is 11.3 Å². The molecule has 0 unspecified atom stereocenters. The van der Waals surface area contributed by atoms with E-state index in [0.29, 0.717) is 5.71 Å². The molecular formula is C7H11N5. The largest absolute Gasteiger partial charge is 0.368 e. The number of hydrogen-bond donors (Lipinski definition) is 2. The average Bonchev–Trinajstić information content (AvgIpc) is 2.03. The van der Waals surface area contributed by atoms with Crippen LogP contribution in [0.2, 0.25) is 0 Å². The number of rotatable bonds is 1. The smallest absolute Gasteiger partial charge is 0.220 e. The van der Waals surface area contributed by atoms with Crippen molar-refractivity contribution >= 4 is 11.7 Å². The molecule has 1 aromatic rings. The van der Waals surface area contributed by atoms with Crippen LogP contribution in [0.5, 0.6) is 0 Å². The maximum absolute atomic E-state index is 5.38. The Morgan fingerprint density at radius 3 is 2.75 bits per heavy atom. The summed E-state index contributed by atoms with van der Waals surface area (Å²) in [7, 11) is 0. The second-order valence-electron chi connectivity index (χ2n) is 2.44. The van der Waals surface area contributed by atoms with Crippen LogP contribution >= 0.6 is 0 Å². The van der Waals surface area contributed by atoms with Crippen LogP contribution in [0.4, 0.5) is 5.95 Å². The Hall–Kier alpha value is -1.65. The highest BCUT2D eigenvalue weighted by Crippen LogP contribution is 2.05. The number of nitrogens with zero attached hydrogens (tertiary/aromatic N) is 3. The molecular weight excluding hydrogens is 154 g/mol. The maximum Gasteiger partial charge on any atom is 0.220 e. The number of aromatic nitrogens is 2. The second-order valence-corrected chi connectivity index (χ2v) is 2.44. The zero-order valence-corrected chi connectivity index (χ0v) is 7.07. The van der Waals surface area contributed by atoms with Crippen LogP contribution in [-0.2, 0) is 0 Å². The van der Waals surface area contributed by atoms with Gasteiger partial charge in [0.15, 0.2) is 0 Å². The van der Waals surface area contributed by atoms with Crippen molar-refractivity contribution in [1.29, 1.82) is 0 Å². The predicted molar refractivity (Wildman–Crippen MR) is 47.6 cm³/mol. The molecule has 64 valence electrons. The van der Waals surface area contributed by atoms with E-state index in [0.717, 1.165) is 11.3 Å². The van der Waals surface area contributed by atoms with Crippen molar-refractivity contribution in [3.8, 4) is 0 Å². The quantitative estimate of drug-likeness (QED) is 0.349. The van der Waals surface area contributed by atoms with E-state index in [9.17, 15) is 0 Å². The van der Waals surface area contributed by atoms with Gasteiger partial charge in [0.2, 0.25) is 5.95 Å². The van der Waals surface area contributed by atoms with Crippen LogP contribution < -0.4 is 11.6 Å². The molecule has 0 aliphatic carbocycles. The standard InChI is InChI=1S/C7H11N5/c1-4-6(5(2)12-9)3-10-7(8)11-4/h3H,9H2,1-2H3,(H2,8,10,11). The number of hydrogen-bond acceptors (Lipinski definition) is 5. The van der Waals surface area contributed by atoms with Gasteiger partial charge in [-0.15, -0.1) is 0 Å². The second kappa shape index (κ2) is 3.17. The number of anilines is 1. The molecule has 4 N–H and O–H groups in total. The zero-order valence-electron chi connectivity index (χ0n) is 7.07. The highest BCUT2D eigenvalue weighted by molar-refractivity contribution is 5.99. The molecule has 0 aromatic carbocycles. The first-order chi connectivity index (χ1) is 5.65. The molecule has 0 spiro atoms. The SMILES string of the molecule is CC(=NN)c1cnc(N)nc1C. The minimum absolute atomic E-state index is 0.265. The van der Waals surface area contributed by atoms with Gasteiger partial charge in [0.05, 0.1) is 11.4 Å². The number of nitrogen functional groups attached to an aromatic ring is 1. The minimum atomic E-state index is 0.265. The van der Waals surface area contributed by atoms with Crippen molar-refractivity contribution in [3.05, 3.63) is 17.5 Å². The van der Waals surface area contributed by atoms with Crippen LogP contribution in [0.25, 0.3) is 0 Å². The van der Waals surface area contributed by atoms with Gasteiger partial charge < -0.3 is 11.6 Å². The summed E-state index contributed by atoms with van der Waals surface area (Å²) in [4.78, 5) is 7.81. The lowest BCUT2D eigenvalue weighted by Gasteiger charge is -2.02. The van der Waals surface area contributed by atoms with Crippen molar-refractivity contribution in [2.24, 2.45) is 10.9 Å². The Morgan fingerprint density at radius 2 is 2.25 bits per heavy atom. The summed E-state index contributed by atoms with van der Waals surface area (Å²) in [5.41, 5.74) is 7.69. The maximum atomic E-state index is 5.38. The summed E-state index contributed by atoms with van der Waals surface area (Å²) in [6.45, 7) is 3.63. The van der Waals surface area contributed by atoms with Gasteiger partial charge in [-0.1, -0.05) is 0 Å². The molecule has 1 aromatic heterocycles. The van der Waals surface area contributed by atoms with Gasteiger partial charge in [-0.3, -0.25) is 0 Å². The molecule has 0 saturated carbocycles. The number of aryl methyl sites for hydroxylation is 1. The predicted octanol–water partition coefficient (Wildman–Crippen LogP) is 0.0499. The fraction of sp³-hybridized carbons (Fsp3) is 0.286. The molecule has 0 fully saturated rings. The lowest BCUT2D eigenvalue weighted by Crippen LogP contribution is -2.06. The summed E-state index contributed by atoms with van der Waals surface area (Å²) in [5, 5.41) is 3.55. The minimum Gasteiger partial charge on any atom is -0.368 e. The molecule has 12 heavy (non-hydrogen) atoms. The van der Waals surface area contributed by atoms with Crippen LogP contribution in [0.3, 0.4) is 0 Å². The molecule has 0 bridgehead atoms. The highest BCUT2D eigenvalue weighted by Gasteiger charge is 2.03. The summed E-state index contributed by atoms with van der Waals surface area (Å²) in [6.07, 6.45) is 1.61. The molecule has 0 aliphatic rings. The Labute approximate surface area is 70.5 Å². The lowest BCUT2D eigenvalue weighted by atomic mass is 10.2. The van der Waals surface area contributed by atoms with Crippen molar-refractivity contribution in [1.82, 2.24) is 9.97 Å². The summed E-state index contributed by atoms with van der Waals surface area (Å²) < 4.78 is 0. The van der Waals surface area contributed by atoms with E-state index < -0.39 is 0 Å². The van der Waals surface area contributed by atoms with Crippen LogP contribution in [-0.4, -0.2) is 15.7 Å². The topological polar surface area (TPSA) is 90.2 Å². The Balaban J connectivity index is 3.18. The van der Waals surface area contributed by atoms with E-state index in [1.165, 1.54) is 0 Å². The average molecular weight is 165 g/mol. The van der Waals surface area contributed by atoms with Crippen LogP contribution in [0.1, 0.15) is 18.2 Å². The third kappa shape index (κ3) is 1.50. The van der Waals surface area contributed by atoms with E-state index in [1.807, 2.05) is 6.92 Å². The van der Waals surface area contributed by atoms with Gasteiger partial charge in [-0.2, -0.15) is 5.10 Å².